The Balaban J connectivity index is 1.71. The summed E-state index contributed by atoms with van der Waals surface area (Å²) in [5, 5.41) is 7.42. The van der Waals surface area contributed by atoms with E-state index in [0.717, 1.165) is 10.2 Å². The van der Waals surface area contributed by atoms with Gasteiger partial charge in [0.05, 0.1) is 12.7 Å². The number of hydrogen-bond acceptors (Lipinski definition) is 6. The Morgan fingerprint density at radius 2 is 1.90 bits per heavy atom. The quantitative estimate of drug-likeness (QED) is 0.528. The number of pyridine rings is 1. The molecule has 7 nitrogen and oxygen atoms in total. The summed E-state index contributed by atoms with van der Waals surface area (Å²) in [6.07, 6.45) is 3.23. The van der Waals surface area contributed by atoms with Crippen molar-refractivity contribution in [2.24, 2.45) is 0 Å². The summed E-state index contributed by atoms with van der Waals surface area (Å²) in [5.74, 6) is -0.0674. The molecule has 0 spiro atoms. The summed E-state index contributed by atoms with van der Waals surface area (Å²) in [5.41, 5.74) is 1.41. The van der Waals surface area contributed by atoms with Crippen molar-refractivity contribution in [2.75, 3.05) is 12.4 Å². The molecule has 4 aromatic rings. The van der Waals surface area contributed by atoms with E-state index in [1.54, 1.807) is 37.7 Å². The molecule has 2 aromatic heterocycles. The minimum atomic E-state index is -0.628. The predicted molar refractivity (Wildman–Crippen MR) is 110 cm³/mol. The fourth-order valence-corrected chi connectivity index (χ4v) is 2.96. The average molecular weight is 403 g/mol. The largest absolute Gasteiger partial charge is 0.496 e. The highest BCUT2D eigenvalue weighted by molar-refractivity contribution is 5.97. The number of rotatable bonds is 6. The molecule has 0 radical (unpaired) electrons. The van der Waals surface area contributed by atoms with Gasteiger partial charge < -0.3 is 10.1 Å². The number of para-hydroxylation sites is 1. The molecule has 0 aliphatic carbocycles. The zero-order valence-corrected chi connectivity index (χ0v) is 16.1. The Morgan fingerprint density at radius 1 is 1.10 bits per heavy atom. The molecule has 2 aromatic carbocycles. The third-order valence-electron chi connectivity index (χ3n) is 4.45. The van der Waals surface area contributed by atoms with Crippen molar-refractivity contribution in [3.05, 3.63) is 90.0 Å². The molecule has 0 aliphatic heterocycles. The van der Waals surface area contributed by atoms with E-state index in [2.05, 4.69) is 20.4 Å². The maximum absolute atomic E-state index is 14.2. The summed E-state index contributed by atoms with van der Waals surface area (Å²) in [6, 6.07) is 16.8. The van der Waals surface area contributed by atoms with E-state index in [1.165, 1.54) is 18.2 Å². The van der Waals surface area contributed by atoms with E-state index in [0.29, 0.717) is 23.7 Å². The number of halogens is 1. The van der Waals surface area contributed by atoms with E-state index in [4.69, 9.17) is 4.74 Å². The molecule has 0 amide bonds. The lowest BCUT2D eigenvalue weighted by Gasteiger charge is -2.10. The Hall–Kier alpha value is -4.07. The van der Waals surface area contributed by atoms with Crippen molar-refractivity contribution >= 4 is 11.9 Å². The molecule has 0 saturated heterocycles. The Kier molecular flexibility index (Phi) is 5.47. The lowest BCUT2D eigenvalue weighted by Crippen LogP contribution is -2.18. The molecule has 2 heterocycles. The fraction of sp³-hybridized carbons (Fsp3) is 0.0909. The van der Waals surface area contributed by atoms with Crippen LogP contribution in [0.5, 0.6) is 5.75 Å². The number of ether oxygens (including phenoxy) is 1. The van der Waals surface area contributed by atoms with E-state index < -0.39 is 11.7 Å². The molecule has 8 heteroatoms. The van der Waals surface area contributed by atoms with E-state index >= 15 is 0 Å². The molecule has 30 heavy (non-hydrogen) atoms. The predicted octanol–water partition coefficient (Wildman–Crippen LogP) is 3.79. The molecule has 0 unspecified atom stereocenters. The van der Waals surface area contributed by atoms with E-state index in [9.17, 15) is 9.18 Å². The van der Waals surface area contributed by atoms with Gasteiger partial charge in [-0.2, -0.15) is 9.67 Å². The standard InChI is InChI=1S/C22H18FN5O2/c1-30-19-11-5-2-7-15(19)14-25-22-26-20(16-8-6-12-24-13-16)27-28(22)21(29)17-9-3-4-10-18(17)23/h2-13H,14H2,1H3,(H,25,26,27). The van der Waals surface area contributed by atoms with Crippen LogP contribution in [0.2, 0.25) is 0 Å². The van der Waals surface area contributed by atoms with Crippen LogP contribution >= 0.6 is 0 Å². The molecule has 0 bridgehead atoms. The van der Waals surface area contributed by atoms with Gasteiger partial charge in [-0.15, -0.1) is 5.10 Å². The summed E-state index contributed by atoms with van der Waals surface area (Å²) >= 11 is 0. The van der Waals surface area contributed by atoms with Crippen molar-refractivity contribution in [3.8, 4) is 17.1 Å². The molecular formula is C22H18FN5O2. The van der Waals surface area contributed by atoms with Crippen LogP contribution in [-0.4, -0.2) is 32.8 Å². The molecule has 0 aliphatic rings. The number of benzene rings is 2. The van der Waals surface area contributed by atoms with Gasteiger partial charge in [-0.1, -0.05) is 30.3 Å². The van der Waals surface area contributed by atoms with Gasteiger partial charge in [0.25, 0.3) is 5.91 Å². The topological polar surface area (TPSA) is 81.9 Å². The van der Waals surface area contributed by atoms with Gasteiger partial charge in [0.2, 0.25) is 5.95 Å². The minimum Gasteiger partial charge on any atom is -0.496 e. The SMILES string of the molecule is COc1ccccc1CNc1nc(-c2cccnc2)nn1C(=O)c1ccccc1F. The average Bonchev–Trinajstić information content (AvgIpc) is 3.22. The van der Waals surface area contributed by atoms with Gasteiger partial charge in [-0.05, 0) is 30.3 Å². The highest BCUT2D eigenvalue weighted by atomic mass is 19.1. The lowest BCUT2D eigenvalue weighted by molar-refractivity contribution is 0.0943. The number of methoxy groups -OCH3 is 1. The van der Waals surface area contributed by atoms with Crippen LogP contribution in [0.25, 0.3) is 11.4 Å². The van der Waals surface area contributed by atoms with Crippen LogP contribution in [-0.2, 0) is 6.54 Å². The van der Waals surface area contributed by atoms with Crippen LogP contribution in [0.1, 0.15) is 15.9 Å². The summed E-state index contributed by atoms with van der Waals surface area (Å²) < 4.78 is 20.6. The summed E-state index contributed by atoms with van der Waals surface area (Å²) in [6.45, 7) is 0.333. The number of nitrogens with zero attached hydrogens (tertiary/aromatic N) is 4. The maximum atomic E-state index is 14.2. The monoisotopic (exact) mass is 403 g/mol. The second-order valence-electron chi connectivity index (χ2n) is 6.36. The second-order valence-corrected chi connectivity index (χ2v) is 6.36. The number of carbonyl (C=O) groups excluding carboxylic acids is 1. The summed E-state index contributed by atoms with van der Waals surface area (Å²) in [7, 11) is 1.59. The normalized spacial score (nSPS) is 10.6. The number of anilines is 1. The number of carbonyl (C=O) groups is 1. The molecule has 0 saturated carbocycles. The first-order chi connectivity index (χ1) is 14.7. The molecule has 150 valence electrons. The zero-order chi connectivity index (χ0) is 20.9. The number of hydrogen-bond donors (Lipinski definition) is 1. The van der Waals surface area contributed by atoms with Crippen molar-refractivity contribution in [1.82, 2.24) is 19.7 Å². The first-order valence-electron chi connectivity index (χ1n) is 9.20. The molecule has 0 fully saturated rings. The third kappa shape index (κ3) is 3.88. The minimum absolute atomic E-state index is 0.0968. The number of aromatic nitrogens is 4. The fourth-order valence-electron chi connectivity index (χ4n) is 2.96. The molecular weight excluding hydrogens is 385 g/mol. The van der Waals surface area contributed by atoms with Gasteiger partial charge in [-0.3, -0.25) is 9.78 Å². The van der Waals surface area contributed by atoms with Crippen molar-refractivity contribution in [2.45, 2.75) is 6.54 Å². The summed E-state index contributed by atoms with van der Waals surface area (Å²) in [4.78, 5) is 21.5. The Labute approximate surface area is 172 Å². The Morgan fingerprint density at radius 3 is 2.67 bits per heavy atom. The van der Waals surface area contributed by atoms with Crippen LogP contribution in [0.15, 0.2) is 73.1 Å². The van der Waals surface area contributed by atoms with Crippen LogP contribution < -0.4 is 10.1 Å². The second kappa shape index (κ2) is 8.52. The highest BCUT2D eigenvalue weighted by Gasteiger charge is 2.21. The third-order valence-corrected chi connectivity index (χ3v) is 4.45. The van der Waals surface area contributed by atoms with Crippen LogP contribution in [0.3, 0.4) is 0 Å². The van der Waals surface area contributed by atoms with Crippen LogP contribution in [0.4, 0.5) is 10.3 Å². The van der Waals surface area contributed by atoms with Gasteiger partial charge in [-0.25, -0.2) is 4.39 Å². The van der Waals surface area contributed by atoms with E-state index in [1.807, 2.05) is 24.3 Å². The van der Waals surface area contributed by atoms with Gasteiger partial charge in [0.15, 0.2) is 5.82 Å². The first kappa shape index (κ1) is 19.3. The number of nitrogens with one attached hydrogen (secondary N) is 1. The maximum Gasteiger partial charge on any atom is 0.284 e. The van der Waals surface area contributed by atoms with Crippen molar-refractivity contribution in [1.29, 1.82) is 0 Å². The first-order valence-corrected chi connectivity index (χ1v) is 9.20. The van der Waals surface area contributed by atoms with Crippen LogP contribution in [0, 0.1) is 5.82 Å². The smallest absolute Gasteiger partial charge is 0.284 e. The van der Waals surface area contributed by atoms with Crippen molar-refractivity contribution < 1.29 is 13.9 Å². The zero-order valence-electron chi connectivity index (χ0n) is 16.1. The molecule has 0 atom stereocenters. The van der Waals surface area contributed by atoms with Gasteiger partial charge in [0.1, 0.15) is 11.6 Å². The van der Waals surface area contributed by atoms with Gasteiger partial charge >= 0.3 is 0 Å². The lowest BCUT2D eigenvalue weighted by atomic mass is 10.2. The van der Waals surface area contributed by atoms with E-state index in [-0.39, 0.29) is 11.5 Å². The van der Waals surface area contributed by atoms with Crippen molar-refractivity contribution in [3.63, 3.8) is 0 Å². The van der Waals surface area contributed by atoms with Gasteiger partial charge in [0, 0.05) is 30.1 Å². The molecule has 4 rings (SSSR count). The molecule has 1 N–H and O–H groups in total. The highest BCUT2D eigenvalue weighted by Crippen LogP contribution is 2.22. The Bertz CT molecular complexity index is 1180.